The first-order valence-electron chi connectivity index (χ1n) is 13.8. The van der Waals surface area contributed by atoms with Crippen molar-refractivity contribution in [2.45, 2.75) is 56.3 Å². The summed E-state index contributed by atoms with van der Waals surface area (Å²) in [4.78, 5) is 35.8. The van der Waals surface area contributed by atoms with Crippen LogP contribution in [0.1, 0.15) is 71.1 Å². The van der Waals surface area contributed by atoms with Crippen molar-refractivity contribution >= 4 is 11.5 Å². The van der Waals surface area contributed by atoms with E-state index in [1.165, 1.54) is 16.5 Å². The summed E-state index contributed by atoms with van der Waals surface area (Å²) in [6.07, 6.45) is -0.745. The minimum absolute atomic E-state index is 0.0779. The molecular formula is C31H30F3N3O4. The summed E-state index contributed by atoms with van der Waals surface area (Å²) in [5.74, 6) is -0.137. The highest BCUT2D eigenvalue weighted by atomic mass is 19.4. The Hall–Kier alpha value is -3.76. The lowest BCUT2D eigenvalue weighted by molar-refractivity contribution is -0.142. The van der Waals surface area contributed by atoms with E-state index in [1.807, 2.05) is 6.07 Å². The summed E-state index contributed by atoms with van der Waals surface area (Å²) >= 11 is 0. The minimum Gasteiger partial charge on any atom is -0.378 e. The maximum absolute atomic E-state index is 13.4. The van der Waals surface area contributed by atoms with E-state index in [1.54, 1.807) is 0 Å². The van der Waals surface area contributed by atoms with E-state index in [2.05, 4.69) is 29.3 Å². The SMILES string of the molecule is O=C(C(O)c1cccc(C(F)(F)F)c1)N1CCCc2nc(C3(c4cccc(C5=CCOCC5)c4)CC3)[nH]c(=O)c2C1. The molecule has 1 atom stereocenters. The van der Waals surface area contributed by atoms with Crippen molar-refractivity contribution in [2.75, 3.05) is 19.8 Å². The Labute approximate surface area is 234 Å². The van der Waals surface area contributed by atoms with Crippen molar-refractivity contribution in [1.82, 2.24) is 14.9 Å². The highest BCUT2D eigenvalue weighted by Crippen LogP contribution is 2.52. The van der Waals surface area contributed by atoms with Gasteiger partial charge in [-0.3, -0.25) is 9.59 Å². The van der Waals surface area contributed by atoms with Crippen LogP contribution in [-0.4, -0.2) is 45.6 Å². The molecule has 0 radical (unpaired) electrons. The lowest BCUT2D eigenvalue weighted by atomic mass is 9.90. The van der Waals surface area contributed by atoms with Crippen molar-refractivity contribution < 1.29 is 27.8 Å². The van der Waals surface area contributed by atoms with Crippen molar-refractivity contribution in [2.24, 2.45) is 0 Å². The van der Waals surface area contributed by atoms with Gasteiger partial charge in [0.05, 0.1) is 42.0 Å². The van der Waals surface area contributed by atoms with E-state index < -0.39 is 23.8 Å². The van der Waals surface area contributed by atoms with Crippen LogP contribution in [0.25, 0.3) is 5.57 Å². The Balaban J connectivity index is 1.25. The molecular weight excluding hydrogens is 535 g/mol. The van der Waals surface area contributed by atoms with Crippen LogP contribution in [0, 0.1) is 0 Å². The smallest absolute Gasteiger partial charge is 0.378 e. The average molecular weight is 566 g/mol. The second-order valence-corrected chi connectivity index (χ2v) is 10.9. The molecule has 1 saturated carbocycles. The molecule has 10 heteroatoms. The first kappa shape index (κ1) is 27.4. The van der Waals surface area contributed by atoms with Crippen LogP contribution in [0.15, 0.2) is 59.4 Å². The Morgan fingerprint density at radius 1 is 1.12 bits per heavy atom. The van der Waals surface area contributed by atoms with Crippen LogP contribution in [0.2, 0.25) is 0 Å². The standard InChI is InChI=1S/C31H30F3N3O4/c32-31(33,34)23-7-2-5-21(17-23)26(38)28(40)37-13-3-8-25-24(18-37)27(39)36-29(35-25)30(11-12-30)22-6-1-4-20(16-22)19-9-14-41-15-10-19/h1-2,4-7,9,16-17,26,38H,3,8,10-15,18H2,(H,35,36,39). The number of benzene rings is 2. The number of alkyl halides is 3. The molecule has 3 aromatic rings. The van der Waals surface area contributed by atoms with Crippen LogP contribution in [-0.2, 0) is 34.1 Å². The minimum atomic E-state index is -4.60. The number of aromatic amines is 1. The second-order valence-electron chi connectivity index (χ2n) is 10.9. The molecule has 1 aliphatic carbocycles. The highest BCUT2D eigenvalue weighted by molar-refractivity contribution is 5.82. The van der Waals surface area contributed by atoms with Gasteiger partial charge >= 0.3 is 6.18 Å². The lowest BCUT2D eigenvalue weighted by Crippen LogP contribution is -2.36. The number of amides is 1. The number of aromatic nitrogens is 2. The van der Waals surface area contributed by atoms with Crippen molar-refractivity contribution in [3.8, 4) is 0 Å². The molecule has 2 aromatic carbocycles. The van der Waals surface area contributed by atoms with Crippen LogP contribution in [0.4, 0.5) is 13.2 Å². The van der Waals surface area contributed by atoms with E-state index >= 15 is 0 Å². The molecule has 6 rings (SSSR count). The van der Waals surface area contributed by atoms with E-state index in [-0.39, 0.29) is 29.6 Å². The number of carbonyl (C=O) groups is 1. The van der Waals surface area contributed by atoms with Gasteiger partial charge in [0.15, 0.2) is 6.10 Å². The molecule has 214 valence electrons. The average Bonchev–Trinajstić information content (AvgIpc) is 3.81. The van der Waals surface area contributed by atoms with Crippen LogP contribution in [0.3, 0.4) is 0 Å². The third kappa shape index (κ3) is 5.34. The fourth-order valence-corrected chi connectivity index (χ4v) is 5.83. The number of rotatable bonds is 5. The summed E-state index contributed by atoms with van der Waals surface area (Å²) < 4.78 is 44.9. The van der Waals surface area contributed by atoms with Gasteiger partial charge in [0, 0.05) is 6.54 Å². The van der Waals surface area contributed by atoms with Gasteiger partial charge in [-0.2, -0.15) is 13.2 Å². The molecule has 0 spiro atoms. The summed E-state index contributed by atoms with van der Waals surface area (Å²) in [6, 6.07) is 12.5. The van der Waals surface area contributed by atoms with Crippen molar-refractivity contribution in [3.63, 3.8) is 0 Å². The molecule has 3 aliphatic rings. The number of aryl methyl sites for hydroxylation is 1. The summed E-state index contributed by atoms with van der Waals surface area (Å²) in [7, 11) is 0. The summed E-state index contributed by atoms with van der Waals surface area (Å²) in [5, 5.41) is 10.7. The first-order valence-corrected chi connectivity index (χ1v) is 13.8. The molecule has 2 aliphatic heterocycles. The van der Waals surface area contributed by atoms with Gasteiger partial charge < -0.3 is 19.7 Å². The van der Waals surface area contributed by atoms with Crippen LogP contribution in [0.5, 0.6) is 0 Å². The van der Waals surface area contributed by atoms with Gasteiger partial charge in [-0.15, -0.1) is 0 Å². The molecule has 41 heavy (non-hydrogen) atoms. The number of aliphatic hydroxyl groups excluding tert-OH is 1. The van der Waals surface area contributed by atoms with Gasteiger partial charge in [0.25, 0.3) is 11.5 Å². The predicted octanol–water partition coefficient (Wildman–Crippen LogP) is 4.68. The highest BCUT2D eigenvalue weighted by Gasteiger charge is 2.49. The monoisotopic (exact) mass is 565 g/mol. The number of H-pyrrole nitrogens is 1. The van der Waals surface area contributed by atoms with Crippen LogP contribution < -0.4 is 5.56 Å². The van der Waals surface area contributed by atoms with Crippen molar-refractivity contribution in [3.05, 3.63) is 104 Å². The number of carbonyl (C=O) groups excluding carboxylic acids is 1. The maximum atomic E-state index is 13.4. The van der Waals surface area contributed by atoms with E-state index in [4.69, 9.17) is 9.72 Å². The molecule has 1 fully saturated rings. The van der Waals surface area contributed by atoms with E-state index in [0.29, 0.717) is 43.1 Å². The molecule has 3 heterocycles. The molecule has 0 bridgehead atoms. The number of nitrogens with one attached hydrogen (secondary N) is 1. The third-order valence-electron chi connectivity index (χ3n) is 8.32. The number of ether oxygens (including phenoxy) is 1. The van der Waals surface area contributed by atoms with Gasteiger partial charge in [0.1, 0.15) is 5.82 Å². The fraction of sp³-hybridized carbons (Fsp3) is 0.387. The van der Waals surface area contributed by atoms with Crippen molar-refractivity contribution in [1.29, 1.82) is 0 Å². The molecule has 7 nitrogen and oxygen atoms in total. The largest absolute Gasteiger partial charge is 0.416 e. The number of halogens is 3. The third-order valence-corrected chi connectivity index (χ3v) is 8.32. The maximum Gasteiger partial charge on any atom is 0.416 e. The Morgan fingerprint density at radius 3 is 2.66 bits per heavy atom. The number of hydrogen-bond acceptors (Lipinski definition) is 5. The normalized spacial score (nSPS) is 19.1. The number of aliphatic hydroxyl groups is 1. The molecule has 1 amide bonds. The molecule has 1 unspecified atom stereocenters. The van der Waals surface area contributed by atoms with Gasteiger partial charge in [-0.05, 0) is 66.5 Å². The Bertz CT molecular complexity index is 1580. The zero-order valence-electron chi connectivity index (χ0n) is 22.3. The summed E-state index contributed by atoms with van der Waals surface area (Å²) in [6.45, 7) is 1.45. The van der Waals surface area contributed by atoms with Gasteiger partial charge in [-0.25, -0.2) is 4.98 Å². The fourth-order valence-electron chi connectivity index (χ4n) is 5.83. The zero-order valence-corrected chi connectivity index (χ0v) is 22.3. The topological polar surface area (TPSA) is 95.5 Å². The van der Waals surface area contributed by atoms with Gasteiger partial charge in [0.2, 0.25) is 0 Å². The quantitative estimate of drug-likeness (QED) is 0.469. The number of fused-ring (bicyclic) bond motifs is 1. The van der Waals surface area contributed by atoms with E-state index in [0.717, 1.165) is 48.6 Å². The van der Waals surface area contributed by atoms with Gasteiger partial charge in [-0.1, -0.05) is 42.5 Å². The number of hydrogen-bond donors (Lipinski definition) is 2. The first-order chi connectivity index (χ1) is 19.7. The lowest BCUT2D eigenvalue weighted by Gasteiger charge is -2.24. The van der Waals surface area contributed by atoms with E-state index in [9.17, 15) is 27.9 Å². The molecule has 2 N–H and O–H groups in total. The Morgan fingerprint density at radius 2 is 1.93 bits per heavy atom. The Kier molecular flexibility index (Phi) is 7.07. The summed E-state index contributed by atoms with van der Waals surface area (Å²) in [5.41, 5.74) is 2.63. The molecule has 0 saturated heterocycles. The molecule has 1 aromatic heterocycles. The number of nitrogens with zero attached hydrogens (tertiary/aromatic N) is 2. The van der Waals surface area contributed by atoms with Crippen LogP contribution >= 0.6 is 0 Å². The zero-order chi connectivity index (χ0) is 28.8. The second kappa shape index (κ2) is 10.6. The predicted molar refractivity (Wildman–Crippen MR) is 145 cm³/mol.